The van der Waals surface area contributed by atoms with Crippen molar-refractivity contribution in [1.29, 1.82) is 0 Å². The zero-order valence-corrected chi connectivity index (χ0v) is 9.43. The fraction of sp³-hybridized carbons (Fsp3) is 0.333. The van der Waals surface area contributed by atoms with Crippen molar-refractivity contribution in [3.05, 3.63) is 29.0 Å². The van der Waals surface area contributed by atoms with Crippen molar-refractivity contribution < 1.29 is 24.5 Å². The van der Waals surface area contributed by atoms with Gasteiger partial charge in [0.1, 0.15) is 12.4 Å². The first-order valence-corrected chi connectivity index (χ1v) is 5.18. The SMILES string of the molecule is COc1c(CO)c(CO)cc2cc(CO)oc12. The molecule has 0 fully saturated rings. The molecule has 3 N–H and O–H groups in total. The number of aliphatic hydroxyl groups excluding tert-OH is 3. The van der Waals surface area contributed by atoms with Crippen molar-refractivity contribution in [2.75, 3.05) is 7.11 Å². The lowest BCUT2D eigenvalue weighted by molar-refractivity contribution is 0.247. The number of aliphatic hydroxyl groups is 3. The van der Waals surface area contributed by atoms with E-state index in [1.54, 1.807) is 12.1 Å². The lowest BCUT2D eigenvalue weighted by atomic mass is 10.0. The number of benzene rings is 1. The van der Waals surface area contributed by atoms with Gasteiger partial charge in [-0.05, 0) is 17.7 Å². The Kier molecular flexibility index (Phi) is 3.33. The smallest absolute Gasteiger partial charge is 0.176 e. The molecule has 1 aromatic carbocycles. The van der Waals surface area contributed by atoms with Crippen LogP contribution in [0.5, 0.6) is 5.75 Å². The molecule has 1 aromatic heterocycles. The molecule has 0 atom stereocenters. The average molecular weight is 238 g/mol. The van der Waals surface area contributed by atoms with E-state index in [1.165, 1.54) is 7.11 Å². The van der Waals surface area contributed by atoms with Gasteiger partial charge in [-0.25, -0.2) is 0 Å². The first kappa shape index (κ1) is 11.9. The largest absolute Gasteiger partial charge is 0.492 e. The van der Waals surface area contributed by atoms with Crippen molar-refractivity contribution in [1.82, 2.24) is 0 Å². The van der Waals surface area contributed by atoms with Gasteiger partial charge in [-0.3, -0.25) is 0 Å². The molecule has 0 aliphatic rings. The van der Waals surface area contributed by atoms with Crippen LogP contribution in [0.2, 0.25) is 0 Å². The van der Waals surface area contributed by atoms with Crippen LogP contribution in [-0.4, -0.2) is 22.4 Å². The Morgan fingerprint density at radius 3 is 2.41 bits per heavy atom. The monoisotopic (exact) mass is 238 g/mol. The molecule has 0 bridgehead atoms. The van der Waals surface area contributed by atoms with Gasteiger partial charge in [0.15, 0.2) is 11.3 Å². The van der Waals surface area contributed by atoms with E-state index in [0.29, 0.717) is 28.2 Å². The molecule has 1 heterocycles. The van der Waals surface area contributed by atoms with Crippen LogP contribution in [0.25, 0.3) is 11.0 Å². The highest BCUT2D eigenvalue weighted by molar-refractivity contribution is 5.86. The molecule has 0 spiro atoms. The normalized spacial score (nSPS) is 11.1. The van der Waals surface area contributed by atoms with E-state index in [1.807, 2.05) is 0 Å². The molecule has 92 valence electrons. The number of furan rings is 1. The Morgan fingerprint density at radius 2 is 1.88 bits per heavy atom. The molecule has 0 saturated carbocycles. The van der Waals surface area contributed by atoms with Crippen molar-refractivity contribution >= 4 is 11.0 Å². The summed E-state index contributed by atoms with van der Waals surface area (Å²) in [6, 6.07) is 3.39. The molecule has 2 rings (SSSR count). The van der Waals surface area contributed by atoms with Gasteiger partial charge in [0.05, 0.1) is 20.3 Å². The molecule has 5 heteroatoms. The molecular formula is C12H14O5. The summed E-state index contributed by atoms with van der Waals surface area (Å²) in [5.41, 5.74) is 1.56. The van der Waals surface area contributed by atoms with Crippen molar-refractivity contribution in [2.45, 2.75) is 19.8 Å². The van der Waals surface area contributed by atoms with Crippen LogP contribution in [0, 0.1) is 0 Å². The fourth-order valence-corrected chi connectivity index (χ4v) is 1.91. The van der Waals surface area contributed by atoms with Crippen LogP contribution in [0.1, 0.15) is 16.9 Å². The highest BCUT2D eigenvalue weighted by Crippen LogP contribution is 2.35. The number of fused-ring (bicyclic) bond motifs is 1. The second-order valence-corrected chi connectivity index (χ2v) is 3.65. The number of ether oxygens (including phenoxy) is 1. The van der Waals surface area contributed by atoms with Gasteiger partial charge < -0.3 is 24.5 Å². The Hall–Kier alpha value is -1.56. The van der Waals surface area contributed by atoms with Crippen molar-refractivity contribution in [2.24, 2.45) is 0 Å². The zero-order valence-electron chi connectivity index (χ0n) is 9.43. The molecule has 0 amide bonds. The van der Waals surface area contributed by atoms with Gasteiger partial charge in [0.2, 0.25) is 0 Å². The summed E-state index contributed by atoms with van der Waals surface area (Å²) < 4.78 is 10.6. The first-order chi connectivity index (χ1) is 8.24. The molecule has 0 radical (unpaired) electrons. The van der Waals surface area contributed by atoms with Gasteiger partial charge in [-0.15, -0.1) is 0 Å². The Labute approximate surface area is 97.9 Å². The molecular weight excluding hydrogens is 224 g/mol. The Morgan fingerprint density at radius 1 is 1.12 bits per heavy atom. The fourth-order valence-electron chi connectivity index (χ4n) is 1.91. The number of hydrogen-bond acceptors (Lipinski definition) is 5. The summed E-state index contributed by atoms with van der Waals surface area (Å²) in [6.07, 6.45) is 0. The van der Waals surface area contributed by atoms with Gasteiger partial charge >= 0.3 is 0 Å². The van der Waals surface area contributed by atoms with E-state index in [2.05, 4.69) is 0 Å². The van der Waals surface area contributed by atoms with Crippen LogP contribution in [0.3, 0.4) is 0 Å². The van der Waals surface area contributed by atoms with E-state index >= 15 is 0 Å². The third-order valence-corrected chi connectivity index (χ3v) is 2.70. The van der Waals surface area contributed by atoms with E-state index in [4.69, 9.17) is 14.3 Å². The maximum absolute atomic E-state index is 9.30. The van der Waals surface area contributed by atoms with Crippen LogP contribution >= 0.6 is 0 Å². The predicted octanol–water partition coefficient (Wildman–Crippen LogP) is 0.918. The molecule has 0 saturated heterocycles. The van der Waals surface area contributed by atoms with Crippen LogP contribution < -0.4 is 4.74 Å². The van der Waals surface area contributed by atoms with E-state index < -0.39 is 0 Å². The summed E-state index contributed by atoms with van der Waals surface area (Å²) >= 11 is 0. The topological polar surface area (TPSA) is 83.1 Å². The van der Waals surface area contributed by atoms with E-state index in [-0.39, 0.29) is 19.8 Å². The predicted molar refractivity (Wildman–Crippen MR) is 60.5 cm³/mol. The van der Waals surface area contributed by atoms with Gasteiger partial charge in [-0.1, -0.05) is 0 Å². The number of methoxy groups -OCH3 is 1. The second-order valence-electron chi connectivity index (χ2n) is 3.65. The zero-order chi connectivity index (χ0) is 12.4. The summed E-state index contributed by atoms with van der Waals surface area (Å²) in [5, 5.41) is 28.3. The van der Waals surface area contributed by atoms with Crippen LogP contribution in [-0.2, 0) is 19.8 Å². The third-order valence-electron chi connectivity index (χ3n) is 2.70. The molecule has 0 unspecified atom stereocenters. The first-order valence-electron chi connectivity index (χ1n) is 5.18. The molecule has 0 aliphatic heterocycles. The third kappa shape index (κ3) is 1.88. The standard InChI is InChI=1S/C12H14O5/c1-16-12-10(6-15)8(4-13)2-7-3-9(5-14)17-11(7)12/h2-3,13-15H,4-6H2,1H3. The highest BCUT2D eigenvalue weighted by atomic mass is 16.5. The summed E-state index contributed by atoms with van der Waals surface area (Å²) in [6.45, 7) is -0.646. The molecule has 17 heavy (non-hydrogen) atoms. The Bertz CT molecular complexity index is 529. The lowest BCUT2D eigenvalue weighted by Gasteiger charge is -2.10. The minimum absolute atomic E-state index is 0.193. The van der Waals surface area contributed by atoms with E-state index in [9.17, 15) is 10.2 Å². The lowest BCUT2D eigenvalue weighted by Crippen LogP contribution is -1.98. The summed E-state index contributed by atoms with van der Waals surface area (Å²) in [5.74, 6) is 0.811. The minimum atomic E-state index is -0.246. The molecule has 2 aromatic rings. The van der Waals surface area contributed by atoms with Gasteiger partial charge in [0, 0.05) is 10.9 Å². The second kappa shape index (κ2) is 4.75. The van der Waals surface area contributed by atoms with Crippen LogP contribution in [0.4, 0.5) is 0 Å². The highest BCUT2D eigenvalue weighted by Gasteiger charge is 2.17. The number of rotatable bonds is 4. The van der Waals surface area contributed by atoms with Gasteiger partial charge in [-0.2, -0.15) is 0 Å². The van der Waals surface area contributed by atoms with E-state index in [0.717, 1.165) is 5.39 Å². The number of hydrogen-bond donors (Lipinski definition) is 3. The van der Waals surface area contributed by atoms with Crippen LogP contribution in [0.15, 0.2) is 16.5 Å². The van der Waals surface area contributed by atoms with Crippen molar-refractivity contribution in [3.8, 4) is 5.75 Å². The minimum Gasteiger partial charge on any atom is -0.492 e. The van der Waals surface area contributed by atoms with Crippen molar-refractivity contribution in [3.63, 3.8) is 0 Å². The molecule has 0 aliphatic carbocycles. The maximum atomic E-state index is 9.30. The summed E-state index contributed by atoms with van der Waals surface area (Å²) in [7, 11) is 1.47. The Balaban J connectivity index is 2.76. The van der Waals surface area contributed by atoms with Gasteiger partial charge in [0.25, 0.3) is 0 Å². The average Bonchev–Trinajstić information content (AvgIpc) is 2.78. The molecule has 5 nitrogen and oxygen atoms in total. The summed E-state index contributed by atoms with van der Waals surface area (Å²) in [4.78, 5) is 0. The quantitative estimate of drug-likeness (QED) is 0.737. The maximum Gasteiger partial charge on any atom is 0.176 e.